The van der Waals surface area contributed by atoms with Crippen LogP contribution in [-0.2, 0) is 11.8 Å². The molecule has 0 aromatic heterocycles. The fourth-order valence-corrected chi connectivity index (χ4v) is 6.49. The van der Waals surface area contributed by atoms with Crippen molar-refractivity contribution in [3.8, 4) is 11.5 Å². The Labute approximate surface area is 223 Å². The van der Waals surface area contributed by atoms with Gasteiger partial charge in [-0.3, -0.25) is 0 Å². The van der Waals surface area contributed by atoms with Gasteiger partial charge in [0, 0.05) is 5.92 Å². The summed E-state index contributed by atoms with van der Waals surface area (Å²) in [6.07, 6.45) is 7.21. The van der Waals surface area contributed by atoms with Gasteiger partial charge in [0.2, 0.25) is 8.32 Å². The van der Waals surface area contributed by atoms with E-state index >= 15 is 0 Å². The molecule has 2 aromatic rings. The molecule has 2 aromatic carbocycles. The Kier molecular flexibility index (Phi) is 9.07. The molecular formula is C33H52O2Si. The monoisotopic (exact) mass is 508 g/mol. The molecule has 200 valence electrons. The third kappa shape index (κ3) is 6.57. The number of aryl methyl sites for hydroxylation is 2. The summed E-state index contributed by atoms with van der Waals surface area (Å²) >= 11 is 0. The molecule has 0 radical (unpaired) electrons. The van der Waals surface area contributed by atoms with E-state index in [1.807, 2.05) is 0 Å². The second-order valence-corrected chi connectivity index (χ2v) is 18.2. The Morgan fingerprint density at radius 3 is 2.22 bits per heavy atom. The zero-order valence-electron chi connectivity index (χ0n) is 24.8. The topological polar surface area (TPSA) is 18.5 Å². The summed E-state index contributed by atoms with van der Waals surface area (Å²) in [4.78, 5) is 0. The maximum atomic E-state index is 7.01. The Balaban J connectivity index is 1.95. The normalized spacial score (nSPS) is 21.3. The van der Waals surface area contributed by atoms with Gasteiger partial charge in [0.15, 0.2) is 0 Å². The maximum absolute atomic E-state index is 7.01. The van der Waals surface area contributed by atoms with Crippen LogP contribution >= 0.6 is 0 Å². The zero-order chi connectivity index (χ0) is 26.7. The number of hydrogen-bond donors (Lipinski definition) is 0. The highest BCUT2D eigenvalue weighted by Gasteiger charge is 2.42. The lowest BCUT2D eigenvalue weighted by molar-refractivity contribution is 0.0322. The molecule has 1 aliphatic rings. The van der Waals surface area contributed by atoms with Crippen molar-refractivity contribution in [3.63, 3.8) is 0 Å². The summed E-state index contributed by atoms with van der Waals surface area (Å²) in [5, 5.41) is 0.173. The van der Waals surface area contributed by atoms with E-state index in [0.717, 1.165) is 24.3 Å². The highest BCUT2D eigenvalue weighted by atomic mass is 28.4. The van der Waals surface area contributed by atoms with Crippen molar-refractivity contribution in [1.82, 2.24) is 0 Å². The summed E-state index contributed by atoms with van der Waals surface area (Å²) in [7, 11) is -1.92. The van der Waals surface area contributed by atoms with Crippen LogP contribution in [0.3, 0.4) is 0 Å². The first kappa shape index (κ1) is 28.8. The number of rotatable bonds is 9. The highest BCUT2D eigenvalue weighted by molar-refractivity contribution is 6.74. The average Bonchev–Trinajstić information content (AvgIpc) is 2.79. The smallest absolute Gasteiger partial charge is 0.250 e. The van der Waals surface area contributed by atoms with Crippen molar-refractivity contribution in [2.24, 2.45) is 11.8 Å². The van der Waals surface area contributed by atoms with E-state index in [9.17, 15) is 0 Å². The first-order valence-corrected chi connectivity index (χ1v) is 17.2. The third-order valence-corrected chi connectivity index (χ3v) is 13.4. The number of hydrogen-bond acceptors (Lipinski definition) is 2. The quantitative estimate of drug-likeness (QED) is 0.314. The van der Waals surface area contributed by atoms with E-state index in [0.29, 0.717) is 11.8 Å². The molecule has 0 saturated heterocycles. The third-order valence-electron chi connectivity index (χ3n) is 9.11. The molecule has 3 atom stereocenters. The predicted octanol–water partition coefficient (Wildman–Crippen LogP) is 9.88. The van der Waals surface area contributed by atoms with Crippen LogP contribution in [0.15, 0.2) is 42.5 Å². The van der Waals surface area contributed by atoms with Crippen LogP contribution in [0.25, 0.3) is 0 Å². The number of benzene rings is 2. The van der Waals surface area contributed by atoms with Crippen molar-refractivity contribution in [2.45, 2.75) is 124 Å². The lowest BCUT2D eigenvalue weighted by atomic mass is 9.64. The lowest BCUT2D eigenvalue weighted by Gasteiger charge is -2.44. The molecule has 36 heavy (non-hydrogen) atoms. The van der Waals surface area contributed by atoms with Crippen LogP contribution in [0.5, 0.6) is 11.5 Å². The van der Waals surface area contributed by atoms with Gasteiger partial charge < -0.3 is 9.16 Å². The molecule has 0 unspecified atom stereocenters. The molecule has 0 heterocycles. The Hall–Kier alpha value is -1.74. The van der Waals surface area contributed by atoms with Crippen LogP contribution in [-0.4, -0.2) is 14.4 Å². The summed E-state index contributed by atoms with van der Waals surface area (Å²) in [5.74, 6) is 3.31. The first-order valence-electron chi connectivity index (χ1n) is 14.3. The summed E-state index contributed by atoms with van der Waals surface area (Å²) in [6, 6.07) is 15.6. The van der Waals surface area contributed by atoms with Gasteiger partial charge in [-0.05, 0) is 90.9 Å². The Bertz CT molecular complexity index is 987. The van der Waals surface area contributed by atoms with Crippen molar-refractivity contribution < 1.29 is 9.16 Å². The lowest BCUT2D eigenvalue weighted by Crippen LogP contribution is -2.44. The minimum Gasteiger partial charge on any atom is -0.543 e. The minimum atomic E-state index is -1.92. The first-order chi connectivity index (χ1) is 16.8. The zero-order valence-corrected chi connectivity index (χ0v) is 25.8. The Morgan fingerprint density at radius 2 is 1.61 bits per heavy atom. The number of unbranched alkanes of at least 4 members (excludes halogenated alkanes) is 1. The Morgan fingerprint density at radius 1 is 0.944 bits per heavy atom. The molecular weight excluding hydrogens is 456 g/mol. The largest absolute Gasteiger partial charge is 0.543 e. The predicted molar refractivity (Wildman–Crippen MR) is 158 cm³/mol. The van der Waals surface area contributed by atoms with E-state index in [4.69, 9.17) is 9.16 Å². The summed E-state index contributed by atoms with van der Waals surface area (Å²) in [6.45, 7) is 23.3. The second kappa shape index (κ2) is 11.3. The van der Waals surface area contributed by atoms with Crippen molar-refractivity contribution in [3.05, 3.63) is 59.2 Å². The molecule has 0 bridgehead atoms. The van der Waals surface area contributed by atoms with Gasteiger partial charge >= 0.3 is 0 Å². The van der Waals surface area contributed by atoms with Gasteiger partial charge in [0.25, 0.3) is 0 Å². The fourth-order valence-electron chi connectivity index (χ4n) is 5.45. The van der Waals surface area contributed by atoms with E-state index in [2.05, 4.69) is 111 Å². The molecule has 3 heteroatoms. The maximum Gasteiger partial charge on any atom is 0.250 e. The summed E-state index contributed by atoms with van der Waals surface area (Å²) in [5.41, 5.74) is 3.98. The second-order valence-electron chi connectivity index (χ2n) is 13.5. The van der Waals surface area contributed by atoms with Crippen LogP contribution in [0, 0.1) is 18.8 Å². The molecule has 0 amide bonds. The highest BCUT2D eigenvalue weighted by Crippen LogP contribution is 2.45. The molecule has 1 saturated carbocycles. The SMILES string of the molecule is CCCCc1cc(O[C@@H]2C[C@H](C)CC[C@H]2C(C)(C)c2ccccc2)c(C)cc1O[Si](C)(C)C(C)(C)C. The van der Waals surface area contributed by atoms with Crippen LogP contribution < -0.4 is 9.16 Å². The molecule has 2 nitrogen and oxygen atoms in total. The van der Waals surface area contributed by atoms with Crippen LogP contribution in [0.2, 0.25) is 18.1 Å². The van der Waals surface area contributed by atoms with Crippen LogP contribution in [0.4, 0.5) is 0 Å². The standard InChI is InChI=1S/C33H52O2Si/c1-11-12-16-26-23-29(25(3)22-30(26)35-36(9,10)32(4,5)6)34-31-21-24(2)19-20-28(31)33(7,8)27-17-14-13-15-18-27/h13-15,17-18,22-24,28,31H,11-12,16,19-21H2,1-10H3/t24-,28-,31-/m1/s1. The molecule has 0 spiro atoms. The molecule has 1 fully saturated rings. The van der Waals surface area contributed by atoms with Crippen molar-refractivity contribution >= 4 is 8.32 Å². The average molecular weight is 509 g/mol. The van der Waals surface area contributed by atoms with E-state index in [1.165, 1.54) is 42.4 Å². The van der Waals surface area contributed by atoms with E-state index in [-0.39, 0.29) is 16.6 Å². The van der Waals surface area contributed by atoms with E-state index in [1.54, 1.807) is 0 Å². The molecule has 0 N–H and O–H groups in total. The van der Waals surface area contributed by atoms with E-state index < -0.39 is 8.32 Å². The van der Waals surface area contributed by atoms with Gasteiger partial charge in [-0.25, -0.2) is 0 Å². The fraction of sp³-hybridized carbons (Fsp3) is 0.636. The van der Waals surface area contributed by atoms with Crippen molar-refractivity contribution in [2.75, 3.05) is 0 Å². The molecule has 3 rings (SSSR count). The summed E-state index contributed by atoms with van der Waals surface area (Å²) < 4.78 is 13.9. The van der Waals surface area contributed by atoms with Gasteiger partial charge in [0.05, 0.1) is 0 Å². The number of ether oxygens (including phenoxy) is 1. The van der Waals surface area contributed by atoms with Crippen LogP contribution in [0.1, 0.15) is 97.3 Å². The minimum absolute atomic E-state index is 0.0659. The van der Waals surface area contributed by atoms with Gasteiger partial charge in [-0.1, -0.05) is 91.6 Å². The van der Waals surface area contributed by atoms with Gasteiger partial charge in [0.1, 0.15) is 17.6 Å². The molecule has 0 aliphatic heterocycles. The molecule has 1 aliphatic carbocycles. The van der Waals surface area contributed by atoms with Gasteiger partial charge in [-0.15, -0.1) is 0 Å². The van der Waals surface area contributed by atoms with Gasteiger partial charge in [-0.2, -0.15) is 0 Å². The van der Waals surface area contributed by atoms with Crippen molar-refractivity contribution in [1.29, 1.82) is 0 Å².